The summed E-state index contributed by atoms with van der Waals surface area (Å²) in [6.07, 6.45) is 1.44. The van der Waals surface area contributed by atoms with Crippen LogP contribution in [0, 0.1) is 0 Å². The third kappa shape index (κ3) is 9.66. The normalized spacial score (nSPS) is 13.5. The van der Waals surface area contributed by atoms with Crippen LogP contribution in [-0.2, 0) is 30.7 Å². The summed E-state index contributed by atoms with van der Waals surface area (Å²) in [5, 5.41) is 26.5. The Kier molecular flexibility index (Phi) is 14.6. The molecular weight excluding hydrogens is 544 g/mol. The van der Waals surface area contributed by atoms with Crippen molar-refractivity contribution >= 4 is 27.3 Å². The van der Waals surface area contributed by atoms with Gasteiger partial charge in [0.2, 0.25) is 0 Å². The third-order valence-electron chi connectivity index (χ3n) is 6.25. The van der Waals surface area contributed by atoms with Crippen LogP contribution in [0.2, 0.25) is 0 Å². The van der Waals surface area contributed by atoms with Crippen molar-refractivity contribution in [3.05, 3.63) is 51.0 Å². The molecule has 7 heteroatoms. The molecule has 0 fully saturated rings. The molecule has 0 spiro atoms. The summed E-state index contributed by atoms with van der Waals surface area (Å²) in [6.45, 7) is 26.0. The first-order valence-electron chi connectivity index (χ1n) is 11.5. The maximum absolute atomic E-state index is 11.8. The molecule has 0 aliphatic rings. The van der Waals surface area contributed by atoms with Crippen molar-refractivity contribution in [1.82, 2.24) is 0 Å². The summed E-state index contributed by atoms with van der Waals surface area (Å²) in [6, 6.07) is 8.59. The van der Waals surface area contributed by atoms with Gasteiger partial charge < -0.3 is 15.6 Å². The molecule has 0 aromatic heterocycles. The van der Waals surface area contributed by atoms with Crippen LogP contribution in [0.4, 0.5) is 0 Å². The van der Waals surface area contributed by atoms with Gasteiger partial charge in [0, 0.05) is 0 Å². The van der Waals surface area contributed by atoms with E-state index in [0.717, 1.165) is 12.3 Å². The minimum atomic E-state index is -2.25. The van der Waals surface area contributed by atoms with Gasteiger partial charge in [0.05, 0.1) is 0 Å². The Morgan fingerprint density at radius 2 is 0.879 bits per heavy atom. The summed E-state index contributed by atoms with van der Waals surface area (Å²) in [5.74, 6) is 0. The summed E-state index contributed by atoms with van der Waals surface area (Å²) >= 11 is 4.75. The van der Waals surface area contributed by atoms with E-state index in [1.807, 2.05) is 18.3 Å². The fourth-order valence-corrected chi connectivity index (χ4v) is 11.7. The SMILES string of the molecule is CC(C)(C)P(=[N-])(Cc1cccc(CP(=[N-])(C(C)(C)C)C(C)(C)C)c1)C(C)(C)C.C[N-]C.[Ti+3][Br]. The number of benzene rings is 1. The van der Waals surface area contributed by atoms with Crippen molar-refractivity contribution in [3.63, 3.8) is 0 Å². The molecule has 0 amide bonds. The Bertz CT molecular complexity index is 711. The van der Waals surface area contributed by atoms with E-state index in [4.69, 9.17) is 0 Å². The zero-order chi connectivity index (χ0) is 27.1. The summed E-state index contributed by atoms with van der Waals surface area (Å²) in [5.41, 5.74) is 2.38. The molecule has 3 nitrogen and oxygen atoms in total. The van der Waals surface area contributed by atoms with Crippen LogP contribution in [-0.4, -0.2) is 34.7 Å². The van der Waals surface area contributed by atoms with Gasteiger partial charge in [-0.3, -0.25) is 0 Å². The molecule has 0 heterocycles. The first-order valence-corrected chi connectivity index (χ1v) is 19.3. The number of nitrogens with zero attached hydrogens (tertiary/aromatic N) is 3. The molecule has 0 aliphatic carbocycles. The number of rotatable bonds is 4. The predicted octanol–water partition coefficient (Wildman–Crippen LogP) is 10.9. The standard InChI is InChI=1S/C24H44N2P2.C2H6N.BrH.Ti/c1-21(2,3)27(25,22(4,5)6)17-19-14-13-15-20(16-19)18-28(26,23(7,8)9)24(10,11)12;1-3-2;;/h13-16H,17-18H2,1-12H3;1-2H3;1H;/q-2;-1;;+4/p-1. The molecule has 190 valence electrons. The first kappa shape index (κ1) is 36.0. The Morgan fingerprint density at radius 3 is 1.06 bits per heavy atom. The number of hydrogen-bond acceptors (Lipinski definition) is 0. The summed E-state index contributed by atoms with van der Waals surface area (Å²) < 4.78 is 0. The van der Waals surface area contributed by atoms with E-state index < -0.39 is 14.1 Å². The number of hydrogen-bond donors (Lipinski definition) is 0. The zero-order valence-corrected chi connectivity index (χ0v) is 28.8. The monoisotopic (exact) mass is 593 g/mol. The predicted molar refractivity (Wildman–Crippen MR) is 158 cm³/mol. The molecule has 0 bridgehead atoms. The second-order valence-corrected chi connectivity index (χ2v) is 21.9. The molecule has 1 aromatic carbocycles. The zero-order valence-electron chi connectivity index (χ0n) is 23.8. The van der Waals surface area contributed by atoms with Crippen molar-refractivity contribution in [2.24, 2.45) is 0 Å². The topological polar surface area (TPSA) is 58.7 Å². The fraction of sp³-hybridized carbons (Fsp3) is 0.769. The Morgan fingerprint density at radius 1 is 0.667 bits per heavy atom. The molecule has 33 heavy (non-hydrogen) atoms. The van der Waals surface area contributed by atoms with Gasteiger partial charge in [0.1, 0.15) is 0 Å². The molecule has 1 rings (SSSR count). The quantitative estimate of drug-likeness (QED) is 0.246. The molecule has 0 atom stereocenters. The van der Waals surface area contributed by atoms with Crippen molar-refractivity contribution in [1.29, 1.82) is 0 Å². The number of halogens is 1. The molecule has 0 radical (unpaired) electrons. The van der Waals surface area contributed by atoms with Crippen LogP contribution >= 0.6 is 27.3 Å². The molecule has 0 aliphatic heterocycles. The summed E-state index contributed by atoms with van der Waals surface area (Å²) in [7, 11) is -0.997. The van der Waals surface area contributed by atoms with Crippen LogP contribution in [0.25, 0.3) is 15.6 Å². The third-order valence-corrected chi connectivity index (χ3v) is 16.8. The van der Waals surface area contributed by atoms with Gasteiger partial charge in [0.15, 0.2) is 0 Å². The van der Waals surface area contributed by atoms with Crippen LogP contribution in [0.5, 0.6) is 0 Å². The van der Waals surface area contributed by atoms with Crippen LogP contribution in [0.1, 0.15) is 94.2 Å². The summed E-state index contributed by atoms with van der Waals surface area (Å²) in [4.78, 5) is 0. The van der Waals surface area contributed by atoms with E-state index >= 15 is 0 Å². The second-order valence-electron chi connectivity index (χ2n) is 12.8. The maximum atomic E-state index is 11.8. The van der Waals surface area contributed by atoms with Crippen molar-refractivity contribution in [3.8, 4) is 0 Å². The van der Waals surface area contributed by atoms with Gasteiger partial charge >= 0.3 is 31.5 Å². The molecule has 0 saturated carbocycles. The van der Waals surface area contributed by atoms with E-state index in [1.54, 1.807) is 14.1 Å². The van der Waals surface area contributed by atoms with Crippen LogP contribution in [0.3, 0.4) is 0 Å². The molecule has 0 saturated heterocycles. The van der Waals surface area contributed by atoms with Crippen molar-refractivity contribution in [2.75, 3.05) is 14.1 Å². The van der Waals surface area contributed by atoms with E-state index in [0.29, 0.717) is 0 Å². The van der Waals surface area contributed by atoms with E-state index in [1.165, 1.54) is 11.1 Å². The average molecular weight is 594 g/mol. The van der Waals surface area contributed by atoms with Crippen molar-refractivity contribution in [2.45, 2.75) is 116 Å². The van der Waals surface area contributed by atoms with Gasteiger partial charge in [-0.25, -0.2) is 14.1 Å². The first-order chi connectivity index (χ1) is 14.6. The molecular formula is C26H50BrN3P2Ti. The Hall–Kier alpha value is 0.834. The van der Waals surface area contributed by atoms with Gasteiger partial charge in [0.25, 0.3) is 0 Å². The van der Waals surface area contributed by atoms with Gasteiger partial charge in [-0.2, -0.15) is 14.1 Å². The average Bonchev–Trinajstić information content (AvgIpc) is 2.60. The van der Waals surface area contributed by atoms with E-state index in [9.17, 15) is 10.3 Å². The molecule has 1 aromatic rings. The van der Waals surface area contributed by atoms with Crippen LogP contribution < -0.4 is 0 Å². The van der Waals surface area contributed by atoms with Gasteiger partial charge in [-0.15, -0.1) is 0 Å². The minimum absolute atomic E-state index is 0.133. The molecule has 0 unspecified atom stereocenters. The Balaban J connectivity index is 0. The van der Waals surface area contributed by atoms with Gasteiger partial charge in [-0.1, -0.05) is 107 Å². The van der Waals surface area contributed by atoms with Crippen LogP contribution in [0.15, 0.2) is 24.3 Å². The van der Waals surface area contributed by atoms with E-state index in [2.05, 4.69) is 126 Å². The molecule has 0 N–H and O–H groups in total. The van der Waals surface area contributed by atoms with Crippen molar-refractivity contribution < 1.29 is 18.3 Å². The fourth-order valence-electron chi connectivity index (χ4n) is 4.32. The second kappa shape index (κ2) is 13.4. The van der Waals surface area contributed by atoms with E-state index in [-0.39, 0.29) is 20.6 Å². The Labute approximate surface area is 225 Å². The van der Waals surface area contributed by atoms with Gasteiger partial charge in [-0.05, 0) is 44.1 Å².